The van der Waals surface area contributed by atoms with Crippen LogP contribution in [0.15, 0.2) is 91.0 Å². The van der Waals surface area contributed by atoms with Crippen LogP contribution in [0, 0.1) is 5.92 Å². The molecule has 5 heteroatoms. The summed E-state index contributed by atoms with van der Waals surface area (Å²) < 4.78 is 11.0. The molecule has 5 nitrogen and oxygen atoms in total. The maximum atomic E-state index is 12.4. The molecule has 3 aromatic carbocycles. The van der Waals surface area contributed by atoms with E-state index in [2.05, 4.69) is 44.3 Å². The van der Waals surface area contributed by atoms with Crippen molar-refractivity contribution in [2.75, 3.05) is 6.61 Å². The van der Waals surface area contributed by atoms with Gasteiger partial charge in [-0.2, -0.15) is 0 Å². The average Bonchev–Trinajstić information content (AvgIpc) is 2.98. The monoisotopic (exact) mass is 538 g/mol. The van der Waals surface area contributed by atoms with Crippen molar-refractivity contribution in [2.24, 2.45) is 5.92 Å². The van der Waals surface area contributed by atoms with E-state index in [1.165, 1.54) is 44.1 Å². The molecule has 0 heterocycles. The van der Waals surface area contributed by atoms with E-state index in [-0.39, 0.29) is 5.57 Å². The number of esters is 2. The molecule has 40 heavy (non-hydrogen) atoms. The van der Waals surface area contributed by atoms with Gasteiger partial charge in [0.05, 0.1) is 12.2 Å². The van der Waals surface area contributed by atoms with Crippen molar-refractivity contribution >= 4 is 11.9 Å². The van der Waals surface area contributed by atoms with Gasteiger partial charge in [0.15, 0.2) is 0 Å². The van der Waals surface area contributed by atoms with Crippen molar-refractivity contribution in [3.8, 4) is 33.8 Å². The highest BCUT2D eigenvalue weighted by molar-refractivity contribution is 5.91. The fourth-order valence-corrected chi connectivity index (χ4v) is 5.30. The minimum absolute atomic E-state index is 0.0104. The standard InChI is InChI=1S/C35H38O5/c1-5-6-25-7-9-26(10-8-25)27-11-13-29(14-12-27)32-21-30(17-20-33(32)40-34(37)23(2)3)28-15-18-31(19-16-28)39-35(38)24(4)22-36/h11-21,25-26,36H,2,4-10,22H2,1,3H3. The molecular formula is C35H38O5. The van der Waals surface area contributed by atoms with Crippen LogP contribution in [0.25, 0.3) is 22.3 Å². The topological polar surface area (TPSA) is 72.8 Å². The summed E-state index contributed by atoms with van der Waals surface area (Å²) in [4.78, 5) is 24.3. The van der Waals surface area contributed by atoms with Crippen molar-refractivity contribution in [1.29, 1.82) is 0 Å². The van der Waals surface area contributed by atoms with Gasteiger partial charge in [-0.05, 0) is 91.0 Å². The van der Waals surface area contributed by atoms with Crippen LogP contribution in [-0.2, 0) is 9.59 Å². The second-order valence-corrected chi connectivity index (χ2v) is 10.7. The van der Waals surface area contributed by atoms with E-state index in [0.29, 0.717) is 23.0 Å². The Morgan fingerprint density at radius 2 is 1.45 bits per heavy atom. The lowest BCUT2D eigenvalue weighted by Gasteiger charge is -2.28. The lowest BCUT2D eigenvalue weighted by Crippen LogP contribution is -2.13. The van der Waals surface area contributed by atoms with Gasteiger partial charge in [0.1, 0.15) is 11.5 Å². The predicted molar refractivity (Wildman–Crippen MR) is 159 cm³/mol. The van der Waals surface area contributed by atoms with Crippen LogP contribution in [0.4, 0.5) is 0 Å². The first-order valence-corrected chi connectivity index (χ1v) is 14.0. The lowest BCUT2D eigenvalue weighted by molar-refractivity contribution is -0.131. The third kappa shape index (κ3) is 7.16. The van der Waals surface area contributed by atoms with Crippen LogP contribution in [0.2, 0.25) is 0 Å². The number of rotatable bonds is 10. The molecule has 1 aliphatic carbocycles. The van der Waals surface area contributed by atoms with E-state index in [9.17, 15) is 9.59 Å². The Hall–Kier alpha value is -3.96. The Balaban J connectivity index is 1.59. The van der Waals surface area contributed by atoms with E-state index >= 15 is 0 Å². The molecule has 0 saturated heterocycles. The second kappa shape index (κ2) is 13.4. The number of ether oxygens (including phenoxy) is 2. The summed E-state index contributed by atoms with van der Waals surface area (Å²) in [7, 11) is 0. The Labute approximate surface area is 237 Å². The number of carbonyl (C=O) groups excluding carboxylic acids is 2. The van der Waals surface area contributed by atoms with Crippen LogP contribution >= 0.6 is 0 Å². The zero-order valence-corrected chi connectivity index (χ0v) is 23.4. The summed E-state index contributed by atoms with van der Waals surface area (Å²) in [5.74, 6) is 1.16. The van der Waals surface area contributed by atoms with Gasteiger partial charge in [-0.1, -0.05) is 75.4 Å². The molecule has 1 aliphatic rings. The van der Waals surface area contributed by atoms with Gasteiger partial charge in [-0.3, -0.25) is 0 Å². The maximum Gasteiger partial charge on any atom is 0.341 e. The zero-order chi connectivity index (χ0) is 28.6. The van der Waals surface area contributed by atoms with Crippen LogP contribution in [-0.4, -0.2) is 23.7 Å². The van der Waals surface area contributed by atoms with Crippen molar-refractivity contribution < 1.29 is 24.2 Å². The van der Waals surface area contributed by atoms with Crippen LogP contribution in [0.1, 0.15) is 63.9 Å². The first-order chi connectivity index (χ1) is 19.3. The molecule has 0 amide bonds. The van der Waals surface area contributed by atoms with E-state index < -0.39 is 18.5 Å². The summed E-state index contributed by atoms with van der Waals surface area (Å²) in [5, 5.41) is 9.08. The third-order valence-electron chi connectivity index (χ3n) is 7.65. The molecule has 0 atom stereocenters. The van der Waals surface area contributed by atoms with E-state index in [1.54, 1.807) is 25.1 Å². The number of carbonyl (C=O) groups is 2. The Morgan fingerprint density at radius 1 is 0.825 bits per heavy atom. The minimum atomic E-state index is -0.668. The molecule has 0 spiro atoms. The number of aliphatic hydroxyl groups excluding tert-OH is 1. The summed E-state index contributed by atoms with van der Waals surface area (Å²) in [6.45, 7) is 10.6. The molecule has 3 aromatic rings. The molecule has 0 aromatic heterocycles. The Kier molecular flexibility index (Phi) is 9.73. The van der Waals surface area contributed by atoms with Gasteiger partial charge >= 0.3 is 11.9 Å². The van der Waals surface area contributed by atoms with Crippen LogP contribution in [0.5, 0.6) is 11.5 Å². The van der Waals surface area contributed by atoms with E-state index in [0.717, 1.165) is 28.2 Å². The summed E-state index contributed by atoms with van der Waals surface area (Å²) in [5.41, 5.74) is 5.27. The quantitative estimate of drug-likeness (QED) is 0.161. The molecule has 1 saturated carbocycles. The van der Waals surface area contributed by atoms with E-state index in [4.69, 9.17) is 14.6 Å². The first kappa shape index (κ1) is 29.0. The zero-order valence-electron chi connectivity index (χ0n) is 23.4. The largest absolute Gasteiger partial charge is 0.423 e. The number of hydrogen-bond acceptors (Lipinski definition) is 5. The second-order valence-electron chi connectivity index (χ2n) is 10.7. The van der Waals surface area contributed by atoms with E-state index in [1.807, 2.05) is 24.3 Å². The molecule has 4 rings (SSSR count). The average molecular weight is 539 g/mol. The van der Waals surface area contributed by atoms with Gasteiger partial charge in [-0.25, -0.2) is 9.59 Å². The van der Waals surface area contributed by atoms with Crippen LogP contribution < -0.4 is 9.47 Å². The molecule has 208 valence electrons. The van der Waals surface area contributed by atoms with Crippen molar-refractivity contribution in [2.45, 2.75) is 58.3 Å². The summed E-state index contributed by atoms with van der Waals surface area (Å²) in [6, 6.07) is 21.4. The third-order valence-corrected chi connectivity index (χ3v) is 7.65. The SMILES string of the molecule is C=C(C)C(=O)Oc1ccc(-c2ccc(OC(=O)C(=C)CO)cc2)cc1-c1ccc(C2CCC(CCC)CC2)cc1. The predicted octanol–water partition coefficient (Wildman–Crippen LogP) is 8.03. The number of benzene rings is 3. The highest BCUT2D eigenvalue weighted by Crippen LogP contribution is 2.40. The molecule has 0 aliphatic heterocycles. The molecule has 1 fully saturated rings. The smallest absolute Gasteiger partial charge is 0.341 e. The highest BCUT2D eigenvalue weighted by atomic mass is 16.5. The van der Waals surface area contributed by atoms with Crippen molar-refractivity contribution in [3.05, 3.63) is 96.6 Å². The highest BCUT2D eigenvalue weighted by Gasteiger charge is 2.22. The summed E-state index contributed by atoms with van der Waals surface area (Å²) in [6.07, 6.45) is 7.68. The van der Waals surface area contributed by atoms with Gasteiger partial charge in [-0.15, -0.1) is 0 Å². The minimum Gasteiger partial charge on any atom is -0.423 e. The lowest BCUT2D eigenvalue weighted by atomic mass is 9.77. The van der Waals surface area contributed by atoms with Crippen molar-refractivity contribution in [1.82, 2.24) is 0 Å². The van der Waals surface area contributed by atoms with Crippen molar-refractivity contribution in [3.63, 3.8) is 0 Å². The Morgan fingerprint density at radius 3 is 2.05 bits per heavy atom. The maximum absolute atomic E-state index is 12.4. The van der Waals surface area contributed by atoms with Crippen LogP contribution in [0.3, 0.4) is 0 Å². The molecule has 0 bridgehead atoms. The van der Waals surface area contributed by atoms with Gasteiger partial charge in [0.25, 0.3) is 0 Å². The fraction of sp³-hybridized carbons (Fsp3) is 0.314. The molecule has 1 N–H and O–H groups in total. The van der Waals surface area contributed by atoms with Gasteiger partial charge in [0, 0.05) is 11.1 Å². The van der Waals surface area contributed by atoms with Gasteiger partial charge < -0.3 is 14.6 Å². The summed E-state index contributed by atoms with van der Waals surface area (Å²) >= 11 is 0. The number of hydrogen-bond donors (Lipinski definition) is 1. The first-order valence-electron chi connectivity index (χ1n) is 14.0. The molecule has 0 radical (unpaired) electrons. The van der Waals surface area contributed by atoms with Gasteiger partial charge in [0.2, 0.25) is 0 Å². The Bertz CT molecular complexity index is 1360. The fourth-order valence-electron chi connectivity index (χ4n) is 5.30. The molecule has 0 unspecified atom stereocenters. The normalized spacial score (nSPS) is 16.7. The molecular weight excluding hydrogens is 500 g/mol. The number of aliphatic hydroxyl groups is 1.